The van der Waals surface area contributed by atoms with Gasteiger partial charge >= 0.3 is 0 Å². The number of rotatable bonds is 3. The van der Waals surface area contributed by atoms with Gasteiger partial charge in [0.25, 0.3) is 0 Å². The van der Waals surface area contributed by atoms with E-state index >= 15 is 0 Å². The molecule has 1 aromatic rings. The molecule has 1 aromatic heterocycles. The highest BCUT2D eigenvalue weighted by molar-refractivity contribution is 5.10. The van der Waals surface area contributed by atoms with Crippen LogP contribution in [0.4, 0.5) is 0 Å². The van der Waals surface area contributed by atoms with Gasteiger partial charge in [0, 0.05) is 18.7 Å². The summed E-state index contributed by atoms with van der Waals surface area (Å²) in [6, 6.07) is 2.03. The van der Waals surface area contributed by atoms with E-state index in [0.717, 1.165) is 30.2 Å². The second-order valence-corrected chi connectivity index (χ2v) is 5.18. The first-order valence-corrected chi connectivity index (χ1v) is 5.39. The van der Waals surface area contributed by atoms with Crippen molar-refractivity contribution in [3.63, 3.8) is 0 Å². The third kappa shape index (κ3) is 4.38. The van der Waals surface area contributed by atoms with E-state index in [9.17, 15) is 0 Å². The molecule has 0 saturated heterocycles. The summed E-state index contributed by atoms with van der Waals surface area (Å²) in [5.41, 5.74) is 2.36. The largest absolute Gasteiger partial charge is 0.314 e. The Hall–Kier alpha value is -0.960. The van der Waals surface area contributed by atoms with Crippen molar-refractivity contribution in [2.24, 2.45) is 5.41 Å². The van der Waals surface area contributed by atoms with E-state index in [4.69, 9.17) is 0 Å². The van der Waals surface area contributed by atoms with Crippen LogP contribution in [0.2, 0.25) is 0 Å². The summed E-state index contributed by atoms with van der Waals surface area (Å²) in [6.07, 6.45) is 0.922. The topological polar surface area (TPSA) is 37.8 Å². The maximum absolute atomic E-state index is 4.54. The lowest BCUT2D eigenvalue weighted by Gasteiger charge is -2.17. The summed E-state index contributed by atoms with van der Waals surface area (Å²) in [6.45, 7) is 9.44. The zero-order chi connectivity index (χ0) is 11.5. The molecule has 0 amide bonds. The van der Waals surface area contributed by atoms with Crippen LogP contribution in [-0.4, -0.2) is 17.0 Å². The van der Waals surface area contributed by atoms with Crippen LogP contribution in [0.25, 0.3) is 0 Å². The summed E-state index contributed by atoms with van der Waals surface area (Å²) in [5, 5.41) is 3.11. The van der Waals surface area contributed by atoms with Gasteiger partial charge in [0.15, 0.2) is 0 Å². The maximum Gasteiger partial charge on any atom is 0.129 e. The molecule has 0 aliphatic carbocycles. The molecule has 0 saturated carbocycles. The molecule has 0 aliphatic heterocycles. The molecule has 0 bridgehead atoms. The quantitative estimate of drug-likeness (QED) is 0.824. The minimum atomic E-state index is 0.241. The highest BCUT2D eigenvalue weighted by Crippen LogP contribution is 2.18. The van der Waals surface area contributed by atoms with Crippen molar-refractivity contribution >= 4 is 0 Å². The molecule has 84 valence electrons. The molecule has 15 heavy (non-hydrogen) atoms. The lowest BCUT2D eigenvalue weighted by molar-refractivity contribution is 0.399. The van der Waals surface area contributed by atoms with Crippen LogP contribution in [0.15, 0.2) is 6.07 Å². The van der Waals surface area contributed by atoms with Crippen molar-refractivity contribution in [2.75, 3.05) is 7.05 Å². The van der Waals surface area contributed by atoms with E-state index in [0.29, 0.717) is 0 Å². The van der Waals surface area contributed by atoms with Crippen molar-refractivity contribution in [3.05, 3.63) is 23.3 Å². The molecular weight excluding hydrogens is 186 g/mol. The molecule has 3 nitrogen and oxygen atoms in total. The lowest BCUT2D eigenvalue weighted by atomic mass is 9.92. The van der Waals surface area contributed by atoms with Gasteiger partial charge in [-0.05, 0) is 25.5 Å². The van der Waals surface area contributed by atoms with Gasteiger partial charge in [-0.15, -0.1) is 0 Å². The third-order valence-corrected chi connectivity index (χ3v) is 2.00. The predicted molar refractivity (Wildman–Crippen MR) is 62.7 cm³/mol. The van der Waals surface area contributed by atoms with Gasteiger partial charge in [-0.2, -0.15) is 0 Å². The molecule has 3 heteroatoms. The molecule has 0 atom stereocenters. The fourth-order valence-electron chi connectivity index (χ4n) is 1.53. The Morgan fingerprint density at radius 3 is 2.47 bits per heavy atom. The Morgan fingerprint density at radius 1 is 1.27 bits per heavy atom. The zero-order valence-electron chi connectivity index (χ0n) is 10.4. The highest BCUT2D eigenvalue weighted by Gasteiger charge is 2.14. The van der Waals surface area contributed by atoms with Crippen LogP contribution < -0.4 is 5.32 Å². The van der Waals surface area contributed by atoms with E-state index in [1.165, 1.54) is 0 Å². The maximum atomic E-state index is 4.54. The SMILES string of the molecule is CNCc1cc(C)nc(CC(C)(C)C)n1. The van der Waals surface area contributed by atoms with Crippen LogP contribution in [0, 0.1) is 12.3 Å². The standard InChI is InChI=1S/C12H21N3/c1-9-6-10(8-13-5)15-11(14-9)7-12(2,3)4/h6,13H,7-8H2,1-5H3. The second-order valence-electron chi connectivity index (χ2n) is 5.18. The summed E-state index contributed by atoms with van der Waals surface area (Å²) >= 11 is 0. The van der Waals surface area contributed by atoms with Crippen molar-refractivity contribution in [2.45, 2.75) is 40.7 Å². The second kappa shape index (κ2) is 4.71. The Bertz CT molecular complexity index is 326. The Morgan fingerprint density at radius 2 is 1.93 bits per heavy atom. The van der Waals surface area contributed by atoms with Crippen molar-refractivity contribution < 1.29 is 0 Å². The minimum absolute atomic E-state index is 0.241. The van der Waals surface area contributed by atoms with Gasteiger partial charge in [-0.25, -0.2) is 9.97 Å². The highest BCUT2D eigenvalue weighted by atomic mass is 14.9. The molecule has 0 spiro atoms. The van der Waals surface area contributed by atoms with Crippen LogP contribution >= 0.6 is 0 Å². The average molecular weight is 207 g/mol. The number of nitrogens with zero attached hydrogens (tertiary/aromatic N) is 2. The summed E-state index contributed by atoms with van der Waals surface area (Å²) < 4.78 is 0. The molecule has 1 N–H and O–H groups in total. The normalized spacial score (nSPS) is 11.8. The zero-order valence-corrected chi connectivity index (χ0v) is 10.4. The van der Waals surface area contributed by atoms with Crippen LogP contribution in [0.5, 0.6) is 0 Å². The smallest absolute Gasteiger partial charge is 0.129 e. The van der Waals surface area contributed by atoms with E-state index in [-0.39, 0.29) is 5.41 Å². The predicted octanol–water partition coefficient (Wildman–Crippen LogP) is 2.09. The van der Waals surface area contributed by atoms with Crippen molar-refractivity contribution in [1.29, 1.82) is 0 Å². The summed E-state index contributed by atoms with van der Waals surface area (Å²) in [4.78, 5) is 9.00. The fraction of sp³-hybridized carbons (Fsp3) is 0.667. The molecule has 0 radical (unpaired) electrons. The summed E-state index contributed by atoms with van der Waals surface area (Å²) in [5.74, 6) is 0.952. The first-order chi connectivity index (χ1) is 6.90. The minimum Gasteiger partial charge on any atom is -0.314 e. The van der Waals surface area contributed by atoms with Crippen molar-refractivity contribution in [3.8, 4) is 0 Å². The first-order valence-electron chi connectivity index (χ1n) is 5.39. The monoisotopic (exact) mass is 207 g/mol. The number of aryl methyl sites for hydroxylation is 1. The van der Waals surface area contributed by atoms with Gasteiger partial charge in [0.2, 0.25) is 0 Å². The van der Waals surface area contributed by atoms with E-state index in [1.54, 1.807) is 0 Å². The first kappa shape index (κ1) is 12.1. The van der Waals surface area contributed by atoms with Gasteiger partial charge < -0.3 is 5.32 Å². The fourth-order valence-corrected chi connectivity index (χ4v) is 1.53. The lowest BCUT2D eigenvalue weighted by Crippen LogP contribution is -2.15. The van der Waals surface area contributed by atoms with Gasteiger partial charge in [0.1, 0.15) is 5.82 Å². The van der Waals surface area contributed by atoms with Gasteiger partial charge in [0.05, 0.1) is 5.69 Å². The summed E-state index contributed by atoms with van der Waals surface area (Å²) in [7, 11) is 1.93. The van der Waals surface area contributed by atoms with Crippen LogP contribution in [0.3, 0.4) is 0 Å². The third-order valence-electron chi connectivity index (χ3n) is 2.00. The Labute approximate surface area is 92.3 Å². The van der Waals surface area contributed by atoms with E-state index in [2.05, 4.69) is 36.1 Å². The molecule has 0 fully saturated rings. The average Bonchev–Trinajstić information content (AvgIpc) is 1.99. The molecular formula is C12H21N3. The van der Waals surface area contributed by atoms with Crippen LogP contribution in [-0.2, 0) is 13.0 Å². The number of hydrogen-bond donors (Lipinski definition) is 1. The molecule has 1 heterocycles. The molecule has 1 rings (SSSR count). The molecule has 0 aromatic carbocycles. The molecule has 0 unspecified atom stereocenters. The number of nitrogens with one attached hydrogen (secondary N) is 1. The van der Waals surface area contributed by atoms with E-state index < -0.39 is 0 Å². The van der Waals surface area contributed by atoms with E-state index in [1.807, 2.05) is 20.0 Å². The molecule has 0 aliphatic rings. The Balaban J connectivity index is 2.88. The number of aromatic nitrogens is 2. The Kier molecular flexibility index (Phi) is 3.80. The van der Waals surface area contributed by atoms with Gasteiger partial charge in [-0.1, -0.05) is 20.8 Å². The number of hydrogen-bond acceptors (Lipinski definition) is 3. The van der Waals surface area contributed by atoms with Gasteiger partial charge in [-0.3, -0.25) is 0 Å². The van der Waals surface area contributed by atoms with Crippen molar-refractivity contribution in [1.82, 2.24) is 15.3 Å². The van der Waals surface area contributed by atoms with Crippen LogP contribution in [0.1, 0.15) is 38.0 Å².